The fraction of sp³-hybridized carbons (Fsp3) is 0.167. The van der Waals surface area contributed by atoms with Gasteiger partial charge in [-0.1, -0.05) is 30.3 Å². The summed E-state index contributed by atoms with van der Waals surface area (Å²) in [6.07, 6.45) is 1.45. The highest BCUT2D eigenvalue weighted by Gasteiger charge is 2.12. The number of rotatable bonds is 9. The third-order valence-electron chi connectivity index (χ3n) is 4.39. The molecule has 1 amide bonds. The SMILES string of the molecule is CCOc1cc(C(=O)N/N=C/c2cc(Br)c(O)c(OC)c2)ccc1OCc1ccccc1. The molecule has 0 atom stereocenters. The van der Waals surface area contributed by atoms with E-state index in [0.29, 0.717) is 46.1 Å². The number of amides is 1. The Balaban J connectivity index is 1.69. The van der Waals surface area contributed by atoms with Crippen molar-refractivity contribution < 1.29 is 24.1 Å². The predicted molar refractivity (Wildman–Crippen MR) is 126 cm³/mol. The van der Waals surface area contributed by atoms with Crippen LogP contribution in [-0.4, -0.2) is 30.9 Å². The van der Waals surface area contributed by atoms with Crippen LogP contribution in [0, 0.1) is 0 Å². The van der Waals surface area contributed by atoms with Gasteiger partial charge in [-0.05, 0) is 64.3 Å². The van der Waals surface area contributed by atoms with Crippen molar-refractivity contribution >= 4 is 28.1 Å². The number of carbonyl (C=O) groups excluding carboxylic acids is 1. The second kappa shape index (κ2) is 11.2. The van der Waals surface area contributed by atoms with Gasteiger partial charge in [0.25, 0.3) is 5.91 Å². The molecule has 0 heterocycles. The minimum atomic E-state index is -0.401. The summed E-state index contributed by atoms with van der Waals surface area (Å²) >= 11 is 3.25. The molecule has 0 saturated carbocycles. The maximum atomic E-state index is 12.5. The number of nitrogens with one attached hydrogen (secondary N) is 1. The van der Waals surface area contributed by atoms with Crippen LogP contribution in [0.15, 0.2) is 70.2 Å². The first-order valence-corrected chi connectivity index (χ1v) is 10.6. The molecule has 3 rings (SSSR count). The highest BCUT2D eigenvalue weighted by molar-refractivity contribution is 9.10. The van der Waals surface area contributed by atoms with Crippen molar-refractivity contribution in [1.29, 1.82) is 0 Å². The molecule has 0 saturated heterocycles. The molecular formula is C24H23BrN2O5. The lowest BCUT2D eigenvalue weighted by atomic mass is 10.2. The molecular weight excluding hydrogens is 476 g/mol. The summed E-state index contributed by atoms with van der Waals surface area (Å²) in [4.78, 5) is 12.5. The maximum Gasteiger partial charge on any atom is 0.271 e. The molecule has 3 aromatic carbocycles. The van der Waals surface area contributed by atoms with Crippen LogP contribution in [0.4, 0.5) is 0 Å². The average molecular weight is 499 g/mol. The van der Waals surface area contributed by atoms with Crippen LogP contribution in [0.5, 0.6) is 23.0 Å². The molecule has 166 valence electrons. The Kier molecular flexibility index (Phi) is 8.10. The number of hydrazone groups is 1. The van der Waals surface area contributed by atoms with Crippen molar-refractivity contribution in [3.05, 3.63) is 81.8 Å². The smallest absolute Gasteiger partial charge is 0.271 e. The molecule has 0 bridgehead atoms. The Morgan fingerprint density at radius 2 is 1.84 bits per heavy atom. The van der Waals surface area contributed by atoms with Gasteiger partial charge in [0.15, 0.2) is 23.0 Å². The largest absolute Gasteiger partial charge is 0.503 e. The highest BCUT2D eigenvalue weighted by atomic mass is 79.9. The number of ether oxygens (including phenoxy) is 3. The number of phenols is 1. The molecule has 3 aromatic rings. The molecule has 32 heavy (non-hydrogen) atoms. The lowest BCUT2D eigenvalue weighted by molar-refractivity contribution is 0.0954. The van der Waals surface area contributed by atoms with Crippen molar-refractivity contribution in [2.24, 2.45) is 5.10 Å². The number of aromatic hydroxyl groups is 1. The summed E-state index contributed by atoms with van der Waals surface area (Å²) in [5, 5.41) is 13.9. The van der Waals surface area contributed by atoms with Crippen molar-refractivity contribution in [3.63, 3.8) is 0 Å². The lowest BCUT2D eigenvalue weighted by Gasteiger charge is -2.13. The molecule has 0 radical (unpaired) electrons. The summed E-state index contributed by atoms with van der Waals surface area (Å²) < 4.78 is 17.1. The van der Waals surface area contributed by atoms with Gasteiger partial charge in [0, 0.05) is 5.56 Å². The zero-order chi connectivity index (χ0) is 22.9. The van der Waals surface area contributed by atoms with Crippen LogP contribution < -0.4 is 19.6 Å². The van der Waals surface area contributed by atoms with Crippen LogP contribution >= 0.6 is 15.9 Å². The minimum Gasteiger partial charge on any atom is -0.503 e. The fourth-order valence-corrected chi connectivity index (χ4v) is 3.29. The molecule has 0 aliphatic heterocycles. The van der Waals surface area contributed by atoms with Gasteiger partial charge in [0.1, 0.15) is 6.61 Å². The molecule has 0 spiro atoms. The molecule has 0 aliphatic rings. The van der Waals surface area contributed by atoms with E-state index in [-0.39, 0.29) is 5.75 Å². The van der Waals surface area contributed by atoms with Crippen molar-refractivity contribution in [1.82, 2.24) is 5.43 Å². The third-order valence-corrected chi connectivity index (χ3v) is 5.00. The van der Waals surface area contributed by atoms with Crippen LogP contribution in [0.2, 0.25) is 0 Å². The first kappa shape index (κ1) is 23.1. The molecule has 7 nitrogen and oxygen atoms in total. The Labute approximate surface area is 194 Å². The van der Waals surface area contributed by atoms with Crippen LogP contribution in [0.1, 0.15) is 28.4 Å². The molecule has 0 fully saturated rings. The highest BCUT2D eigenvalue weighted by Crippen LogP contribution is 2.34. The van der Waals surface area contributed by atoms with Crippen molar-refractivity contribution in [2.45, 2.75) is 13.5 Å². The quantitative estimate of drug-likeness (QED) is 0.323. The summed E-state index contributed by atoms with van der Waals surface area (Å²) in [5.74, 6) is 0.914. The average Bonchev–Trinajstić information content (AvgIpc) is 2.81. The summed E-state index contributed by atoms with van der Waals surface area (Å²) in [7, 11) is 1.45. The monoisotopic (exact) mass is 498 g/mol. The lowest BCUT2D eigenvalue weighted by Crippen LogP contribution is -2.17. The molecule has 0 unspecified atom stereocenters. The number of hydrogen-bond donors (Lipinski definition) is 2. The predicted octanol–water partition coefficient (Wildman–Crippen LogP) is 4.90. The number of nitrogens with zero attached hydrogens (tertiary/aromatic N) is 1. The number of hydrogen-bond acceptors (Lipinski definition) is 6. The second-order valence-corrected chi connectivity index (χ2v) is 7.48. The van der Waals surface area contributed by atoms with Gasteiger partial charge in [-0.3, -0.25) is 4.79 Å². The first-order valence-electron chi connectivity index (χ1n) is 9.85. The summed E-state index contributed by atoms with van der Waals surface area (Å²) in [6, 6.07) is 18.0. The minimum absolute atomic E-state index is 0.00767. The van der Waals surface area contributed by atoms with E-state index in [9.17, 15) is 9.90 Å². The third kappa shape index (κ3) is 6.01. The number of benzene rings is 3. The van der Waals surface area contributed by atoms with Gasteiger partial charge in [-0.15, -0.1) is 0 Å². The summed E-state index contributed by atoms with van der Waals surface area (Å²) in [5.41, 5.74) is 4.52. The number of carbonyl (C=O) groups is 1. The van der Waals surface area contributed by atoms with E-state index in [2.05, 4.69) is 26.5 Å². The van der Waals surface area contributed by atoms with E-state index < -0.39 is 5.91 Å². The molecule has 0 aliphatic carbocycles. The Morgan fingerprint density at radius 1 is 1.06 bits per heavy atom. The van der Waals surface area contributed by atoms with E-state index in [0.717, 1.165) is 5.56 Å². The fourth-order valence-electron chi connectivity index (χ4n) is 2.83. The van der Waals surface area contributed by atoms with Crippen LogP contribution in [0.25, 0.3) is 0 Å². The van der Waals surface area contributed by atoms with E-state index in [1.54, 1.807) is 30.3 Å². The van der Waals surface area contributed by atoms with E-state index >= 15 is 0 Å². The summed E-state index contributed by atoms with van der Waals surface area (Å²) in [6.45, 7) is 2.69. The first-order chi connectivity index (χ1) is 15.5. The Bertz CT molecular complexity index is 1100. The van der Waals surface area contributed by atoms with E-state index in [4.69, 9.17) is 14.2 Å². The Hall–Kier alpha value is -3.52. The zero-order valence-electron chi connectivity index (χ0n) is 17.7. The molecule has 0 aromatic heterocycles. The van der Waals surface area contributed by atoms with Crippen LogP contribution in [0.3, 0.4) is 0 Å². The van der Waals surface area contributed by atoms with Crippen molar-refractivity contribution in [2.75, 3.05) is 13.7 Å². The van der Waals surface area contributed by atoms with Crippen LogP contribution in [-0.2, 0) is 6.61 Å². The second-order valence-electron chi connectivity index (χ2n) is 6.62. The van der Waals surface area contributed by atoms with Gasteiger partial charge in [-0.25, -0.2) is 5.43 Å². The van der Waals surface area contributed by atoms with E-state index in [1.807, 2.05) is 37.3 Å². The topological polar surface area (TPSA) is 89.4 Å². The van der Waals surface area contributed by atoms with Gasteiger partial charge in [0.2, 0.25) is 0 Å². The van der Waals surface area contributed by atoms with E-state index in [1.165, 1.54) is 13.3 Å². The van der Waals surface area contributed by atoms with Gasteiger partial charge in [0.05, 0.1) is 24.4 Å². The van der Waals surface area contributed by atoms with Gasteiger partial charge < -0.3 is 19.3 Å². The zero-order valence-corrected chi connectivity index (χ0v) is 19.3. The number of halogens is 1. The van der Waals surface area contributed by atoms with Gasteiger partial charge >= 0.3 is 0 Å². The standard InChI is InChI=1S/C24H23BrN2O5/c1-3-31-21-13-18(9-10-20(21)32-15-16-7-5-4-6-8-16)24(29)27-26-14-17-11-19(25)23(28)22(12-17)30-2/h4-14,28H,3,15H2,1-2H3,(H,27,29)/b26-14+. The Morgan fingerprint density at radius 3 is 2.56 bits per heavy atom. The number of phenolic OH excluding ortho intramolecular Hbond substituents is 1. The number of methoxy groups -OCH3 is 1. The van der Waals surface area contributed by atoms with Crippen molar-refractivity contribution in [3.8, 4) is 23.0 Å². The maximum absolute atomic E-state index is 12.5. The molecule has 2 N–H and O–H groups in total. The molecule has 8 heteroatoms. The van der Waals surface area contributed by atoms with Gasteiger partial charge in [-0.2, -0.15) is 5.10 Å². The normalized spacial score (nSPS) is 10.7.